The number of carbonyl (C=O) groups excluding carboxylic acids is 1. The van der Waals surface area contributed by atoms with Gasteiger partial charge in [-0.3, -0.25) is 4.90 Å². The van der Waals surface area contributed by atoms with Crippen LogP contribution in [0.15, 0.2) is 0 Å². The molecule has 0 aliphatic heterocycles. The first kappa shape index (κ1) is 10.2. The van der Waals surface area contributed by atoms with Gasteiger partial charge in [-0.15, -0.1) is 23.2 Å². The molecular weight excluding hydrogens is 173 g/mol. The molecule has 0 N–H and O–H groups in total. The van der Waals surface area contributed by atoms with Crippen LogP contribution < -0.4 is 0 Å². The van der Waals surface area contributed by atoms with Gasteiger partial charge in [-0.2, -0.15) is 0 Å². The normalized spacial score (nSPS) is 10.3. The summed E-state index contributed by atoms with van der Waals surface area (Å²) in [6, 6.07) is 0. The minimum atomic E-state index is 0.430. The van der Waals surface area contributed by atoms with Crippen LogP contribution in [0, 0.1) is 0 Å². The molecule has 4 heteroatoms. The Bertz CT molecular complexity index is 83.8. The Kier molecular flexibility index (Phi) is 7.47. The second-order valence-electron chi connectivity index (χ2n) is 1.85. The number of hydrogen-bond donors (Lipinski definition) is 0. The largest absolute Gasteiger partial charge is 0.302 e. The Morgan fingerprint density at radius 3 is 2.00 bits per heavy atom. The Morgan fingerprint density at radius 1 is 1.20 bits per heavy atom. The fourth-order valence-corrected chi connectivity index (χ4v) is 1.12. The van der Waals surface area contributed by atoms with E-state index in [0.29, 0.717) is 18.3 Å². The number of aldehydes is 1. The number of rotatable bonds is 6. The molecule has 0 spiro atoms. The summed E-state index contributed by atoms with van der Waals surface area (Å²) < 4.78 is 0. The van der Waals surface area contributed by atoms with E-state index in [4.69, 9.17) is 23.2 Å². The molecule has 0 aliphatic carbocycles. The second-order valence-corrected chi connectivity index (χ2v) is 2.60. The Hall–Kier alpha value is 0.210. The van der Waals surface area contributed by atoms with Crippen molar-refractivity contribution < 1.29 is 4.79 Å². The lowest BCUT2D eigenvalue weighted by Gasteiger charge is -2.15. The molecule has 0 amide bonds. The molecule has 0 rings (SSSR count). The van der Waals surface area contributed by atoms with Crippen LogP contribution in [0.5, 0.6) is 0 Å². The second kappa shape index (κ2) is 7.32. The van der Waals surface area contributed by atoms with E-state index in [1.165, 1.54) is 0 Å². The van der Waals surface area contributed by atoms with Crippen LogP contribution in [-0.4, -0.2) is 42.6 Å². The lowest BCUT2D eigenvalue weighted by Crippen LogP contribution is -2.29. The van der Waals surface area contributed by atoms with E-state index in [1.807, 2.05) is 4.90 Å². The van der Waals surface area contributed by atoms with Crippen molar-refractivity contribution in [3.05, 3.63) is 0 Å². The zero-order valence-corrected chi connectivity index (χ0v) is 7.24. The molecule has 0 aromatic rings. The fraction of sp³-hybridized carbons (Fsp3) is 0.833. The van der Waals surface area contributed by atoms with E-state index in [1.54, 1.807) is 0 Å². The van der Waals surface area contributed by atoms with E-state index in [0.717, 1.165) is 19.4 Å². The highest BCUT2D eigenvalue weighted by Crippen LogP contribution is 1.89. The fourth-order valence-electron chi connectivity index (χ4n) is 0.639. The molecule has 0 fully saturated rings. The first-order chi connectivity index (χ1) is 4.85. The molecule has 60 valence electrons. The Morgan fingerprint density at radius 2 is 1.70 bits per heavy atom. The third-order valence-electron chi connectivity index (χ3n) is 1.13. The maximum atomic E-state index is 10.0. The molecule has 0 aliphatic rings. The van der Waals surface area contributed by atoms with Crippen LogP contribution in [-0.2, 0) is 4.79 Å². The van der Waals surface area contributed by atoms with Crippen LogP contribution in [0.4, 0.5) is 0 Å². The minimum absolute atomic E-state index is 0.430. The van der Waals surface area contributed by atoms with Gasteiger partial charge in [-0.1, -0.05) is 0 Å². The van der Waals surface area contributed by atoms with Crippen molar-refractivity contribution in [2.24, 2.45) is 0 Å². The van der Waals surface area contributed by atoms with Gasteiger partial charge in [0.2, 0.25) is 0 Å². The van der Waals surface area contributed by atoms with Crippen molar-refractivity contribution in [1.29, 1.82) is 0 Å². The highest BCUT2D eigenvalue weighted by molar-refractivity contribution is 6.18. The molecule has 0 radical (unpaired) electrons. The van der Waals surface area contributed by atoms with Gasteiger partial charge in [0.05, 0.1) is 6.54 Å². The SMILES string of the molecule is O=CCN(CCCl)CCCl. The van der Waals surface area contributed by atoms with Crippen LogP contribution >= 0.6 is 23.2 Å². The van der Waals surface area contributed by atoms with Crippen LogP contribution in [0.1, 0.15) is 0 Å². The zero-order chi connectivity index (χ0) is 7.82. The molecule has 2 nitrogen and oxygen atoms in total. The lowest BCUT2D eigenvalue weighted by molar-refractivity contribution is -0.108. The molecule has 0 atom stereocenters. The molecule has 0 bridgehead atoms. The van der Waals surface area contributed by atoms with Gasteiger partial charge in [0.1, 0.15) is 6.29 Å². The Balaban J connectivity index is 3.38. The number of halogens is 2. The first-order valence-electron chi connectivity index (χ1n) is 3.13. The Labute approximate surface area is 71.1 Å². The van der Waals surface area contributed by atoms with Crippen molar-refractivity contribution in [3.63, 3.8) is 0 Å². The summed E-state index contributed by atoms with van der Waals surface area (Å²) in [6.07, 6.45) is 0.860. The van der Waals surface area contributed by atoms with Crippen LogP contribution in [0.25, 0.3) is 0 Å². The standard InChI is InChI=1S/C6H11Cl2NO/c7-1-3-9(4-2-8)5-6-10/h6H,1-5H2. The average Bonchev–Trinajstić information content (AvgIpc) is 1.90. The summed E-state index contributed by atoms with van der Waals surface area (Å²) >= 11 is 10.9. The summed E-state index contributed by atoms with van der Waals surface area (Å²) in [7, 11) is 0. The summed E-state index contributed by atoms with van der Waals surface area (Å²) in [5.74, 6) is 1.09. The molecule has 0 aromatic carbocycles. The molecule has 0 heterocycles. The first-order valence-corrected chi connectivity index (χ1v) is 4.20. The lowest BCUT2D eigenvalue weighted by atomic mass is 10.5. The number of alkyl halides is 2. The summed E-state index contributed by atoms with van der Waals surface area (Å²) in [6.45, 7) is 1.89. The maximum absolute atomic E-state index is 10.0. The minimum Gasteiger partial charge on any atom is -0.302 e. The van der Waals surface area contributed by atoms with Gasteiger partial charge < -0.3 is 4.79 Å². The van der Waals surface area contributed by atoms with E-state index in [9.17, 15) is 4.79 Å². The maximum Gasteiger partial charge on any atom is 0.133 e. The third kappa shape index (κ3) is 5.03. The van der Waals surface area contributed by atoms with Crippen LogP contribution in [0.2, 0.25) is 0 Å². The number of hydrogen-bond acceptors (Lipinski definition) is 2. The van der Waals surface area contributed by atoms with Crippen molar-refractivity contribution >= 4 is 29.5 Å². The molecule has 0 aromatic heterocycles. The highest BCUT2D eigenvalue weighted by Gasteiger charge is 2.00. The molecule has 10 heavy (non-hydrogen) atoms. The van der Waals surface area contributed by atoms with Gasteiger partial charge in [0.25, 0.3) is 0 Å². The van der Waals surface area contributed by atoms with Crippen molar-refractivity contribution in [1.82, 2.24) is 4.90 Å². The number of carbonyl (C=O) groups is 1. The topological polar surface area (TPSA) is 20.3 Å². The van der Waals surface area contributed by atoms with Crippen LogP contribution in [0.3, 0.4) is 0 Å². The quantitative estimate of drug-likeness (QED) is 0.452. The summed E-state index contributed by atoms with van der Waals surface area (Å²) in [5, 5.41) is 0. The molecular formula is C6H11Cl2NO. The molecule has 0 saturated heterocycles. The van der Waals surface area contributed by atoms with Gasteiger partial charge >= 0.3 is 0 Å². The van der Waals surface area contributed by atoms with Crippen molar-refractivity contribution in [2.45, 2.75) is 0 Å². The van der Waals surface area contributed by atoms with Gasteiger partial charge in [0.15, 0.2) is 0 Å². The zero-order valence-electron chi connectivity index (χ0n) is 5.72. The predicted octanol–water partition coefficient (Wildman–Crippen LogP) is 0.965. The number of nitrogens with zero attached hydrogens (tertiary/aromatic N) is 1. The summed E-state index contributed by atoms with van der Waals surface area (Å²) in [4.78, 5) is 11.9. The predicted molar refractivity (Wildman–Crippen MR) is 43.9 cm³/mol. The van der Waals surface area contributed by atoms with E-state index >= 15 is 0 Å². The van der Waals surface area contributed by atoms with Gasteiger partial charge in [-0.25, -0.2) is 0 Å². The van der Waals surface area contributed by atoms with Gasteiger partial charge in [-0.05, 0) is 0 Å². The summed E-state index contributed by atoms with van der Waals surface area (Å²) in [5.41, 5.74) is 0. The van der Waals surface area contributed by atoms with E-state index in [2.05, 4.69) is 0 Å². The average molecular weight is 184 g/mol. The van der Waals surface area contributed by atoms with E-state index in [-0.39, 0.29) is 0 Å². The van der Waals surface area contributed by atoms with E-state index < -0.39 is 0 Å². The third-order valence-corrected chi connectivity index (χ3v) is 1.47. The molecule has 0 unspecified atom stereocenters. The van der Waals surface area contributed by atoms with Crippen molar-refractivity contribution in [2.75, 3.05) is 31.4 Å². The highest BCUT2D eigenvalue weighted by atomic mass is 35.5. The van der Waals surface area contributed by atoms with Gasteiger partial charge in [0, 0.05) is 24.8 Å². The smallest absolute Gasteiger partial charge is 0.133 e. The molecule has 0 saturated carbocycles. The van der Waals surface area contributed by atoms with Crippen molar-refractivity contribution in [3.8, 4) is 0 Å². The monoisotopic (exact) mass is 183 g/mol.